The Morgan fingerprint density at radius 3 is 1.51 bits per heavy atom. The molecule has 0 atom stereocenters. The fourth-order valence-electron chi connectivity index (χ4n) is 6.75. The molecule has 0 saturated carbocycles. The Labute approximate surface area is 422 Å². The van der Waals surface area contributed by atoms with Gasteiger partial charge in [-0.05, 0) is 129 Å². The number of benzene rings is 10. The molecule has 2 aromatic heterocycles. The van der Waals surface area contributed by atoms with Gasteiger partial charge in [-0.3, -0.25) is 0 Å². The van der Waals surface area contributed by atoms with Gasteiger partial charge in [0, 0.05) is 50.3 Å². The molecule has 0 aliphatic carbocycles. The number of hydrogen-bond donors (Lipinski definition) is 0. The van der Waals surface area contributed by atoms with E-state index < -0.39 is 353 Å². The normalized spacial score (nSPS) is 20.4. The Bertz CT molecular complexity index is 5870. The number of rotatable bonds is 8. The van der Waals surface area contributed by atoms with Crippen molar-refractivity contribution >= 4 is 60.8 Å². The van der Waals surface area contributed by atoms with Crippen LogP contribution < -0.4 is 4.90 Å². The van der Waals surface area contributed by atoms with E-state index in [2.05, 4.69) is 0 Å². The molecule has 0 spiro atoms. The van der Waals surface area contributed by atoms with Gasteiger partial charge >= 0.3 is 0 Å². The molecular weight excluding hydrogens is 765 g/mol. The van der Waals surface area contributed by atoms with Gasteiger partial charge in [0.2, 0.25) is 0 Å². The fraction of sp³-hybridized carbons (Fsp3) is 0. The number of fused-ring (bicyclic) bond motifs is 6. The molecule has 3 heteroatoms. The summed E-state index contributed by atoms with van der Waals surface area (Å²) in [7, 11) is 0. The first-order valence-electron chi connectivity index (χ1n) is 38.2. The summed E-state index contributed by atoms with van der Waals surface area (Å²) in [5.74, 6) is 0. The highest BCUT2D eigenvalue weighted by molar-refractivity contribution is 6.16. The van der Waals surface area contributed by atoms with E-state index >= 15 is 0 Å². The van der Waals surface area contributed by atoms with Crippen molar-refractivity contribution in [2.75, 3.05) is 4.90 Å². The molecular formula is C60H40N2O. The van der Waals surface area contributed by atoms with Crippen molar-refractivity contribution in [3.63, 3.8) is 0 Å². The molecule has 0 aliphatic rings. The van der Waals surface area contributed by atoms with Crippen molar-refractivity contribution in [1.82, 2.24) is 4.57 Å². The molecule has 3 nitrogen and oxygen atoms in total. The van der Waals surface area contributed by atoms with Crippen LogP contribution in [0.15, 0.2) is 246 Å². The van der Waals surface area contributed by atoms with E-state index in [1.165, 1.54) is 0 Å². The smallest absolute Gasteiger partial charge is 0.137 e. The standard InChI is InChI=1S/C60H40N2O/c1-4-15-41(16-5-1)43-27-31-49(32-28-43)61(51-35-36-54-53-21-11-13-26-58(53)63-59(54)40-51)50-33-29-44(30-34-50)46-37-45(42-17-6-2-7-18-42)38-47(39-46)52-23-14-25-57-60(52)55-22-10-12-24-56(55)62(57)48-19-8-3-9-20-48/h1-40H/i1D,2D,3D,4D,5D,6D,7D,8D,9D,10D,11D,12D,13D,14D,15D,16D,17D,18D,19D,20D,21D,22D,23D,24D,25D,26D,27D,28D,29D,30D,31D,32D,33D,34D,35D,36D,37D,38D,39D,40D. The molecule has 12 aromatic rings. The van der Waals surface area contributed by atoms with Crippen LogP contribution in [-0.2, 0) is 0 Å². The van der Waals surface area contributed by atoms with E-state index in [-0.39, 0.29) is 4.90 Å². The van der Waals surface area contributed by atoms with Gasteiger partial charge in [-0.25, -0.2) is 0 Å². The largest absolute Gasteiger partial charge is 0.456 e. The summed E-state index contributed by atoms with van der Waals surface area (Å²) < 4.78 is 373. The second-order valence-corrected chi connectivity index (χ2v) is 13.0. The quantitative estimate of drug-likeness (QED) is 0.152. The number of aromatic nitrogens is 1. The number of para-hydroxylation sites is 3. The molecule has 0 amide bonds. The minimum atomic E-state index is -1.50. The zero-order valence-electron chi connectivity index (χ0n) is 71.3. The Hall–Kier alpha value is -8.40. The molecule has 296 valence electrons. The molecule has 12 rings (SSSR count). The van der Waals surface area contributed by atoms with Crippen LogP contribution >= 0.6 is 0 Å². The zero-order chi connectivity index (χ0) is 76.5. The van der Waals surface area contributed by atoms with Gasteiger partial charge in [-0.1, -0.05) is 151 Å². The average molecular weight is 845 g/mol. The molecule has 10 aromatic carbocycles. The molecule has 0 fully saturated rings. The maximum absolute atomic E-state index is 10.2. The van der Waals surface area contributed by atoms with Crippen LogP contribution in [0.4, 0.5) is 17.1 Å². The predicted molar refractivity (Wildman–Crippen MR) is 264 cm³/mol. The number of furan rings is 1. The molecule has 0 bridgehead atoms. The predicted octanol–water partition coefficient (Wildman–Crippen LogP) is 16.8. The van der Waals surface area contributed by atoms with E-state index in [9.17, 15) is 26.0 Å². The van der Waals surface area contributed by atoms with Gasteiger partial charge in [0.1, 0.15) is 11.2 Å². The van der Waals surface area contributed by atoms with Crippen LogP contribution in [0.2, 0.25) is 0 Å². The Morgan fingerprint density at radius 1 is 0.333 bits per heavy atom. The van der Waals surface area contributed by atoms with Gasteiger partial charge in [-0.2, -0.15) is 0 Å². The first-order chi connectivity index (χ1) is 47.9. The lowest BCUT2D eigenvalue weighted by molar-refractivity contribution is 0.669. The first-order valence-corrected chi connectivity index (χ1v) is 18.2. The molecule has 0 unspecified atom stereocenters. The number of nitrogens with zero attached hydrogens (tertiary/aromatic N) is 2. The third-order valence-corrected chi connectivity index (χ3v) is 9.45. The van der Waals surface area contributed by atoms with E-state index in [4.69, 9.17) is 33.2 Å². The lowest BCUT2D eigenvalue weighted by Gasteiger charge is -2.26. The van der Waals surface area contributed by atoms with Crippen LogP contribution in [0, 0.1) is 0 Å². The van der Waals surface area contributed by atoms with Crippen LogP contribution in [0.3, 0.4) is 0 Å². The maximum Gasteiger partial charge on any atom is 0.137 e. The Balaban J connectivity index is 1.29. The summed E-state index contributed by atoms with van der Waals surface area (Å²) in [4.78, 5) is 0.245. The molecule has 0 aliphatic heterocycles. The van der Waals surface area contributed by atoms with Gasteiger partial charge in [0.15, 0.2) is 0 Å². The van der Waals surface area contributed by atoms with E-state index in [1.807, 2.05) is 0 Å². The summed E-state index contributed by atoms with van der Waals surface area (Å²) in [5, 5.41) is -2.83. The lowest BCUT2D eigenvalue weighted by atomic mass is 9.91. The molecule has 2 heterocycles. The Kier molecular flexibility index (Phi) is 3.41. The second kappa shape index (κ2) is 15.3. The van der Waals surface area contributed by atoms with Crippen LogP contribution in [0.5, 0.6) is 0 Å². The van der Waals surface area contributed by atoms with Crippen molar-refractivity contribution in [2.45, 2.75) is 0 Å². The summed E-state index contributed by atoms with van der Waals surface area (Å²) in [6.45, 7) is 0. The topological polar surface area (TPSA) is 21.3 Å². The van der Waals surface area contributed by atoms with Gasteiger partial charge in [0.25, 0.3) is 0 Å². The third kappa shape index (κ3) is 6.46. The van der Waals surface area contributed by atoms with Gasteiger partial charge < -0.3 is 13.9 Å². The molecule has 0 saturated heterocycles. The second-order valence-electron chi connectivity index (χ2n) is 13.0. The first kappa shape index (κ1) is 14.1. The van der Waals surface area contributed by atoms with Crippen molar-refractivity contribution in [3.05, 3.63) is 242 Å². The van der Waals surface area contributed by atoms with Crippen LogP contribution in [0.1, 0.15) is 54.8 Å². The van der Waals surface area contributed by atoms with Crippen molar-refractivity contribution in [2.24, 2.45) is 0 Å². The van der Waals surface area contributed by atoms with Crippen molar-refractivity contribution in [1.29, 1.82) is 0 Å². The molecule has 63 heavy (non-hydrogen) atoms. The highest BCUT2D eigenvalue weighted by Crippen LogP contribution is 2.43. The monoisotopic (exact) mass is 845 g/mol. The highest BCUT2D eigenvalue weighted by atomic mass is 16.3. The summed E-state index contributed by atoms with van der Waals surface area (Å²) in [6, 6.07) is -45.9. The Morgan fingerprint density at radius 2 is 0.825 bits per heavy atom. The lowest BCUT2D eigenvalue weighted by Crippen LogP contribution is -2.09. The summed E-state index contributed by atoms with van der Waals surface area (Å²) in [5.41, 5.74) is -16.8. The van der Waals surface area contributed by atoms with E-state index in [0.717, 1.165) is 0 Å². The van der Waals surface area contributed by atoms with Crippen molar-refractivity contribution < 1.29 is 59.2 Å². The minimum absolute atomic E-state index is 0.245. The van der Waals surface area contributed by atoms with Gasteiger partial charge in [-0.15, -0.1) is 0 Å². The van der Waals surface area contributed by atoms with E-state index in [0.29, 0.717) is 4.57 Å². The van der Waals surface area contributed by atoms with Crippen LogP contribution in [0.25, 0.3) is 93.9 Å². The fourth-order valence-corrected chi connectivity index (χ4v) is 6.75. The van der Waals surface area contributed by atoms with E-state index in [1.54, 1.807) is 0 Å². The SMILES string of the molecule is [2H]c1c([2H])c([2H])c(-c2c([2H])c([2H])c(N(c3c([2H])c([2H])c(-c4c([2H])c(-c5c([2H])c([2H])c([2H])c([2H])c5[2H])c([2H])c(-c5c([2H])c([2H])c([2H])c6c5c5c([2H])c([2H])c([2H])c([2H])c5n6-c5c([2H])c([2H])c([2H])c([2H])c5[2H])c4[2H])c([2H])c3[2H])c3c([2H])c([2H])c4c(oc5c([2H])c([2H])c([2H])c([2H])c54)c3[2H])c([2H])c2[2H])c([2H])c1[2H]. The number of hydrogen-bond acceptors (Lipinski definition) is 2. The highest BCUT2D eigenvalue weighted by Gasteiger charge is 2.19. The minimum Gasteiger partial charge on any atom is -0.456 e. The molecule has 0 radical (unpaired) electrons. The average Bonchev–Trinajstić information content (AvgIpc) is 0.970. The summed E-state index contributed by atoms with van der Waals surface area (Å²) >= 11 is 0. The molecule has 0 N–H and O–H groups in total. The van der Waals surface area contributed by atoms with Gasteiger partial charge in [0.05, 0.1) is 65.9 Å². The third-order valence-electron chi connectivity index (χ3n) is 9.45. The van der Waals surface area contributed by atoms with Crippen molar-refractivity contribution in [3.8, 4) is 50.2 Å². The summed E-state index contributed by atoms with van der Waals surface area (Å²) in [6.07, 6.45) is 0. The van der Waals surface area contributed by atoms with Crippen LogP contribution in [-0.4, -0.2) is 4.57 Å². The number of anilines is 3. The maximum atomic E-state index is 10.2. The zero-order valence-corrected chi connectivity index (χ0v) is 31.3.